The van der Waals surface area contributed by atoms with E-state index in [2.05, 4.69) is 10.3 Å². The molecule has 1 aromatic heterocycles. The number of nitrogens with zero attached hydrogens (tertiary/aromatic N) is 3. The van der Waals surface area contributed by atoms with Gasteiger partial charge in [0.2, 0.25) is 0 Å². The quantitative estimate of drug-likeness (QED) is 0.877. The SMILES string of the molecule is O=Cc1nnn(-c2cccc(C(=O)O)c2)c1C1CCCCC1. The predicted molar refractivity (Wildman–Crippen MR) is 79.5 cm³/mol. The number of aromatic carboxylic acids is 1. The molecule has 1 aliphatic rings. The van der Waals surface area contributed by atoms with Gasteiger partial charge in [-0.25, -0.2) is 9.48 Å². The van der Waals surface area contributed by atoms with Crippen LogP contribution in [0.5, 0.6) is 0 Å². The second-order valence-electron chi connectivity index (χ2n) is 5.58. The van der Waals surface area contributed by atoms with Gasteiger partial charge >= 0.3 is 5.97 Å². The number of carboxylic acids is 1. The van der Waals surface area contributed by atoms with E-state index in [4.69, 9.17) is 5.11 Å². The first kappa shape index (κ1) is 14.4. The molecular weight excluding hydrogens is 282 g/mol. The van der Waals surface area contributed by atoms with Crippen LogP contribution in [0.3, 0.4) is 0 Å². The van der Waals surface area contributed by atoms with E-state index in [1.54, 1.807) is 22.9 Å². The molecule has 1 saturated carbocycles. The van der Waals surface area contributed by atoms with Crippen LogP contribution in [0.1, 0.15) is 64.6 Å². The Morgan fingerprint density at radius 3 is 2.73 bits per heavy atom. The van der Waals surface area contributed by atoms with Crippen LogP contribution in [0, 0.1) is 0 Å². The average Bonchev–Trinajstić information content (AvgIpc) is 2.99. The zero-order valence-corrected chi connectivity index (χ0v) is 12.1. The molecular formula is C16H17N3O3. The topological polar surface area (TPSA) is 85.1 Å². The number of hydrogen-bond donors (Lipinski definition) is 1. The second kappa shape index (κ2) is 6.09. The molecule has 0 spiro atoms. The van der Waals surface area contributed by atoms with Crippen LogP contribution in [-0.2, 0) is 0 Å². The summed E-state index contributed by atoms with van der Waals surface area (Å²) in [7, 11) is 0. The van der Waals surface area contributed by atoms with Gasteiger partial charge in [0.25, 0.3) is 0 Å². The van der Waals surface area contributed by atoms with Gasteiger partial charge < -0.3 is 5.11 Å². The van der Waals surface area contributed by atoms with E-state index in [0.717, 1.165) is 37.7 Å². The molecule has 114 valence electrons. The molecule has 6 nitrogen and oxygen atoms in total. The fourth-order valence-electron chi connectivity index (χ4n) is 3.10. The Kier molecular flexibility index (Phi) is 4.00. The highest BCUT2D eigenvalue weighted by molar-refractivity contribution is 5.88. The average molecular weight is 299 g/mol. The van der Waals surface area contributed by atoms with Gasteiger partial charge in [-0.05, 0) is 31.0 Å². The Labute approximate surface area is 127 Å². The molecule has 1 aliphatic carbocycles. The van der Waals surface area contributed by atoms with Gasteiger partial charge in [0.05, 0.1) is 16.9 Å². The molecule has 3 rings (SSSR count). The van der Waals surface area contributed by atoms with E-state index < -0.39 is 5.97 Å². The van der Waals surface area contributed by atoms with Gasteiger partial charge in [0.1, 0.15) is 5.69 Å². The molecule has 0 amide bonds. The van der Waals surface area contributed by atoms with Crippen molar-refractivity contribution >= 4 is 12.3 Å². The summed E-state index contributed by atoms with van der Waals surface area (Å²) in [5, 5.41) is 17.2. The fourth-order valence-corrected chi connectivity index (χ4v) is 3.10. The smallest absolute Gasteiger partial charge is 0.335 e. The number of carboxylic acid groups (broad SMARTS) is 1. The van der Waals surface area contributed by atoms with E-state index in [1.807, 2.05) is 0 Å². The van der Waals surface area contributed by atoms with E-state index in [1.165, 1.54) is 12.5 Å². The molecule has 6 heteroatoms. The molecule has 2 aromatic rings. The minimum absolute atomic E-state index is 0.190. The largest absolute Gasteiger partial charge is 0.478 e. The lowest BCUT2D eigenvalue weighted by Crippen LogP contribution is -2.13. The number of aromatic nitrogens is 3. The van der Waals surface area contributed by atoms with E-state index >= 15 is 0 Å². The van der Waals surface area contributed by atoms with E-state index in [0.29, 0.717) is 11.4 Å². The predicted octanol–water partition coefficient (Wildman–Crippen LogP) is 2.83. The van der Waals surface area contributed by atoms with Crippen molar-refractivity contribution in [1.29, 1.82) is 0 Å². The molecule has 1 heterocycles. The molecule has 1 N–H and O–H groups in total. The van der Waals surface area contributed by atoms with E-state index in [-0.39, 0.29) is 11.5 Å². The van der Waals surface area contributed by atoms with Gasteiger partial charge in [-0.2, -0.15) is 0 Å². The molecule has 0 saturated heterocycles. The lowest BCUT2D eigenvalue weighted by atomic mass is 9.86. The van der Waals surface area contributed by atoms with Crippen LogP contribution in [0.15, 0.2) is 24.3 Å². The van der Waals surface area contributed by atoms with Gasteiger partial charge in [-0.1, -0.05) is 30.5 Å². The van der Waals surface area contributed by atoms with Crippen LogP contribution in [0.2, 0.25) is 0 Å². The van der Waals surface area contributed by atoms with Crippen LogP contribution >= 0.6 is 0 Å². The highest BCUT2D eigenvalue weighted by atomic mass is 16.4. The number of hydrogen-bond acceptors (Lipinski definition) is 4. The Morgan fingerprint density at radius 2 is 2.05 bits per heavy atom. The first-order chi connectivity index (χ1) is 10.7. The Balaban J connectivity index is 2.07. The van der Waals surface area contributed by atoms with Crippen molar-refractivity contribution in [2.75, 3.05) is 0 Å². The lowest BCUT2D eigenvalue weighted by Gasteiger charge is -2.22. The zero-order valence-electron chi connectivity index (χ0n) is 12.1. The summed E-state index contributed by atoms with van der Waals surface area (Å²) in [5.41, 5.74) is 1.97. The van der Waals surface area contributed by atoms with Crippen LogP contribution < -0.4 is 0 Å². The standard InChI is InChI=1S/C16H17N3O3/c20-10-14-15(11-5-2-1-3-6-11)19(18-17-14)13-8-4-7-12(9-13)16(21)22/h4,7-11H,1-3,5-6H2,(H,21,22). The maximum absolute atomic E-state index is 11.3. The molecule has 22 heavy (non-hydrogen) atoms. The summed E-state index contributed by atoms with van der Waals surface area (Å²) in [6, 6.07) is 6.54. The van der Waals surface area contributed by atoms with E-state index in [9.17, 15) is 9.59 Å². The van der Waals surface area contributed by atoms with Crippen LogP contribution in [-0.4, -0.2) is 32.4 Å². The highest BCUT2D eigenvalue weighted by Crippen LogP contribution is 2.34. The van der Waals surface area contributed by atoms with Crippen molar-refractivity contribution in [3.8, 4) is 5.69 Å². The van der Waals surface area contributed by atoms with Gasteiger partial charge in [-0.3, -0.25) is 4.79 Å². The third-order valence-corrected chi connectivity index (χ3v) is 4.17. The second-order valence-corrected chi connectivity index (χ2v) is 5.58. The van der Waals surface area contributed by atoms with Crippen molar-refractivity contribution < 1.29 is 14.7 Å². The highest BCUT2D eigenvalue weighted by Gasteiger charge is 2.25. The number of benzene rings is 1. The number of aldehydes is 1. The van der Waals surface area contributed by atoms with Gasteiger partial charge in [0.15, 0.2) is 6.29 Å². The maximum Gasteiger partial charge on any atom is 0.335 e. The summed E-state index contributed by atoms with van der Waals surface area (Å²) in [5.74, 6) is -0.741. The monoisotopic (exact) mass is 299 g/mol. The minimum Gasteiger partial charge on any atom is -0.478 e. The molecule has 0 unspecified atom stereocenters. The van der Waals surface area contributed by atoms with Crippen molar-refractivity contribution in [1.82, 2.24) is 15.0 Å². The summed E-state index contributed by atoms with van der Waals surface area (Å²) < 4.78 is 1.62. The normalized spacial score (nSPS) is 15.6. The van der Waals surface area contributed by atoms with Crippen molar-refractivity contribution in [2.45, 2.75) is 38.0 Å². The fraction of sp³-hybridized carbons (Fsp3) is 0.375. The molecule has 0 atom stereocenters. The minimum atomic E-state index is -0.989. The molecule has 0 bridgehead atoms. The van der Waals surface area contributed by atoms with Crippen molar-refractivity contribution in [3.05, 3.63) is 41.2 Å². The summed E-state index contributed by atoms with van der Waals surface area (Å²) in [6.07, 6.45) is 6.21. The molecule has 0 aliphatic heterocycles. The first-order valence-corrected chi connectivity index (χ1v) is 7.45. The Hall–Kier alpha value is -2.50. The summed E-state index contributed by atoms with van der Waals surface area (Å²) in [4.78, 5) is 22.4. The van der Waals surface area contributed by atoms with Crippen LogP contribution in [0.4, 0.5) is 0 Å². The molecule has 1 fully saturated rings. The summed E-state index contributed by atoms with van der Waals surface area (Å²) >= 11 is 0. The van der Waals surface area contributed by atoms with Gasteiger partial charge in [0, 0.05) is 5.92 Å². The third kappa shape index (κ3) is 2.64. The summed E-state index contributed by atoms with van der Waals surface area (Å²) in [6.45, 7) is 0. The Morgan fingerprint density at radius 1 is 1.27 bits per heavy atom. The number of rotatable bonds is 4. The molecule has 1 aromatic carbocycles. The zero-order chi connectivity index (χ0) is 15.5. The first-order valence-electron chi connectivity index (χ1n) is 7.45. The van der Waals surface area contributed by atoms with Crippen molar-refractivity contribution in [2.24, 2.45) is 0 Å². The van der Waals surface area contributed by atoms with Crippen LogP contribution in [0.25, 0.3) is 5.69 Å². The number of carbonyl (C=O) groups is 2. The maximum atomic E-state index is 11.3. The molecule has 0 radical (unpaired) electrons. The van der Waals surface area contributed by atoms with Crippen molar-refractivity contribution in [3.63, 3.8) is 0 Å². The van der Waals surface area contributed by atoms with Gasteiger partial charge in [-0.15, -0.1) is 5.10 Å². The third-order valence-electron chi connectivity index (χ3n) is 4.17. The lowest BCUT2D eigenvalue weighted by molar-refractivity contribution is 0.0696. The Bertz CT molecular complexity index is 702. The number of carbonyl (C=O) groups excluding carboxylic acids is 1.